The van der Waals surface area contributed by atoms with Gasteiger partial charge in [0, 0.05) is 16.8 Å². The number of nitrogens with one attached hydrogen (secondary N) is 1. The Hall–Kier alpha value is -4.28. The van der Waals surface area contributed by atoms with Crippen LogP contribution in [0.5, 0.6) is 11.5 Å². The van der Waals surface area contributed by atoms with Gasteiger partial charge in [0.05, 0.1) is 31.2 Å². The minimum Gasteiger partial charge on any atom is -0.493 e. The lowest BCUT2D eigenvalue weighted by Gasteiger charge is -2.15. The van der Waals surface area contributed by atoms with Gasteiger partial charge in [-0.3, -0.25) is 4.79 Å². The monoisotopic (exact) mass is 523 g/mol. The van der Waals surface area contributed by atoms with E-state index in [1.54, 1.807) is 14.2 Å². The van der Waals surface area contributed by atoms with Crippen LogP contribution in [0.1, 0.15) is 23.6 Å². The van der Waals surface area contributed by atoms with Crippen molar-refractivity contribution in [3.05, 3.63) is 89.5 Å². The maximum atomic E-state index is 12.9. The van der Waals surface area contributed by atoms with Crippen molar-refractivity contribution in [3.8, 4) is 40.0 Å². The second-order valence-electron chi connectivity index (χ2n) is 8.63. The standard InChI is InChI=1S/C31H29N3O3S/c1-5-21-8-6-7-9-26(21)33-30(35)19-38-31-25(18-32)24(23-14-15-28(36-3)29(16-23)37-4)17-27(34-31)22-12-10-20(2)11-13-22/h6-17H,5,19H2,1-4H3,(H,33,35). The molecular weight excluding hydrogens is 494 g/mol. The average molecular weight is 524 g/mol. The number of methoxy groups -OCH3 is 2. The van der Waals surface area contributed by atoms with Crippen molar-refractivity contribution in [3.63, 3.8) is 0 Å². The number of benzene rings is 3. The van der Waals surface area contributed by atoms with Crippen molar-refractivity contribution in [2.24, 2.45) is 0 Å². The molecule has 1 heterocycles. The molecule has 38 heavy (non-hydrogen) atoms. The number of ether oxygens (including phenoxy) is 2. The molecule has 0 saturated carbocycles. The molecule has 0 saturated heterocycles. The Labute approximate surface area is 227 Å². The van der Waals surface area contributed by atoms with E-state index in [-0.39, 0.29) is 11.7 Å². The van der Waals surface area contributed by atoms with Gasteiger partial charge in [-0.15, -0.1) is 0 Å². The van der Waals surface area contributed by atoms with Crippen molar-refractivity contribution in [1.29, 1.82) is 5.26 Å². The highest BCUT2D eigenvalue weighted by atomic mass is 32.2. The lowest BCUT2D eigenvalue weighted by atomic mass is 9.98. The quantitative estimate of drug-likeness (QED) is 0.240. The fourth-order valence-corrected chi connectivity index (χ4v) is 4.91. The third-order valence-corrected chi connectivity index (χ3v) is 7.13. The highest BCUT2D eigenvalue weighted by Crippen LogP contribution is 2.38. The molecule has 1 amide bonds. The minimum atomic E-state index is -0.157. The molecule has 3 aromatic carbocycles. The zero-order valence-corrected chi connectivity index (χ0v) is 22.7. The van der Waals surface area contributed by atoms with Gasteiger partial charge in [-0.1, -0.05) is 72.8 Å². The van der Waals surface area contributed by atoms with Crippen molar-refractivity contribution >= 4 is 23.4 Å². The Kier molecular flexibility index (Phi) is 8.67. The molecule has 192 valence electrons. The van der Waals surface area contributed by atoms with Crippen molar-refractivity contribution < 1.29 is 14.3 Å². The summed E-state index contributed by atoms with van der Waals surface area (Å²) in [7, 11) is 3.16. The van der Waals surface area contributed by atoms with Crippen molar-refractivity contribution in [2.45, 2.75) is 25.3 Å². The van der Waals surface area contributed by atoms with E-state index in [1.807, 2.05) is 79.7 Å². The number of aromatic nitrogens is 1. The summed E-state index contributed by atoms with van der Waals surface area (Å²) in [5, 5.41) is 13.7. The molecule has 7 heteroatoms. The lowest BCUT2D eigenvalue weighted by Crippen LogP contribution is -2.15. The number of nitriles is 1. The van der Waals surface area contributed by atoms with Gasteiger partial charge < -0.3 is 14.8 Å². The topological polar surface area (TPSA) is 84.2 Å². The summed E-state index contributed by atoms with van der Waals surface area (Å²) < 4.78 is 10.9. The van der Waals surface area contributed by atoms with E-state index < -0.39 is 0 Å². The molecule has 0 aliphatic heterocycles. The first-order chi connectivity index (χ1) is 18.5. The van der Waals surface area contributed by atoms with Crippen LogP contribution < -0.4 is 14.8 Å². The Morgan fingerprint density at radius 1 is 0.974 bits per heavy atom. The van der Waals surface area contributed by atoms with Gasteiger partial charge in [-0.2, -0.15) is 5.26 Å². The fraction of sp³-hybridized carbons (Fsp3) is 0.194. The third-order valence-electron chi connectivity index (χ3n) is 6.15. The van der Waals surface area contributed by atoms with E-state index in [9.17, 15) is 10.1 Å². The predicted molar refractivity (Wildman–Crippen MR) is 153 cm³/mol. The van der Waals surface area contributed by atoms with Crippen LogP contribution in [-0.2, 0) is 11.2 Å². The minimum absolute atomic E-state index is 0.114. The van der Waals surface area contributed by atoms with Gasteiger partial charge >= 0.3 is 0 Å². The molecule has 0 bridgehead atoms. The van der Waals surface area contributed by atoms with Crippen molar-refractivity contribution in [1.82, 2.24) is 4.98 Å². The number of pyridine rings is 1. The van der Waals surface area contributed by atoms with Gasteiger partial charge in [0.2, 0.25) is 5.91 Å². The van der Waals surface area contributed by atoms with Crippen LogP contribution in [0.15, 0.2) is 77.8 Å². The zero-order valence-electron chi connectivity index (χ0n) is 21.9. The van der Waals surface area contributed by atoms with Crippen LogP contribution in [0.3, 0.4) is 0 Å². The number of aryl methyl sites for hydroxylation is 2. The molecule has 0 aliphatic rings. The van der Waals surface area contributed by atoms with Crippen molar-refractivity contribution in [2.75, 3.05) is 25.3 Å². The number of rotatable bonds is 9. The van der Waals surface area contributed by atoms with Gasteiger partial charge in [0.1, 0.15) is 11.1 Å². The van der Waals surface area contributed by atoms with E-state index in [0.29, 0.717) is 33.3 Å². The van der Waals surface area contributed by atoms with E-state index in [2.05, 4.69) is 18.3 Å². The number of amides is 1. The molecule has 0 radical (unpaired) electrons. The molecule has 0 spiro atoms. The maximum Gasteiger partial charge on any atom is 0.234 e. The van der Waals surface area contributed by atoms with Gasteiger partial charge in [0.15, 0.2) is 11.5 Å². The van der Waals surface area contributed by atoms with E-state index in [0.717, 1.165) is 34.4 Å². The van der Waals surface area contributed by atoms with Gasteiger partial charge in [-0.25, -0.2) is 4.98 Å². The van der Waals surface area contributed by atoms with Crippen LogP contribution in [-0.4, -0.2) is 30.9 Å². The summed E-state index contributed by atoms with van der Waals surface area (Å²) in [6.45, 7) is 4.08. The predicted octanol–water partition coefficient (Wildman–Crippen LogP) is 6.91. The first kappa shape index (κ1) is 26.8. The lowest BCUT2D eigenvalue weighted by molar-refractivity contribution is -0.113. The number of thioether (sulfide) groups is 1. The third kappa shape index (κ3) is 5.99. The first-order valence-electron chi connectivity index (χ1n) is 12.2. The summed E-state index contributed by atoms with van der Waals surface area (Å²) >= 11 is 1.25. The van der Waals surface area contributed by atoms with E-state index in [4.69, 9.17) is 14.5 Å². The van der Waals surface area contributed by atoms with Crippen LogP contribution in [0.25, 0.3) is 22.4 Å². The molecule has 4 rings (SSSR count). The summed E-state index contributed by atoms with van der Waals surface area (Å²) in [6, 6.07) is 25.6. The number of para-hydroxylation sites is 1. The van der Waals surface area contributed by atoms with E-state index >= 15 is 0 Å². The summed E-state index contributed by atoms with van der Waals surface area (Å²) in [6.07, 6.45) is 0.816. The van der Waals surface area contributed by atoms with Crippen LogP contribution in [0, 0.1) is 18.3 Å². The van der Waals surface area contributed by atoms with Gasteiger partial charge in [0.25, 0.3) is 0 Å². The Morgan fingerprint density at radius 2 is 1.68 bits per heavy atom. The molecule has 0 atom stereocenters. The van der Waals surface area contributed by atoms with Gasteiger partial charge in [-0.05, 0) is 48.7 Å². The smallest absolute Gasteiger partial charge is 0.234 e. The van der Waals surface area contributed by atoms with Crippen LogP contribution in [0.4, 0.5) is 5.69 Å². The first-order valence-corrected chi connectivity index (χ1v) is 13.2. The molecule has 0 aliphatic carbocycles. The fourth-order valence-electron chi connectivity index (χ4n) is 4.11. The summed E-state index contributed by atoms with van der Waals surface area (Å²) in [5.74, 6) is 1.12. The molecule has 6 nitrogen and oxygen atoms in total. The SMILES string of the molecule is CCc1ccccc1NC(=O)CSc1nc(-c2ccc(C)cc2)cc(-c2ccc(OC)c(OC)c2)c1C#N. The Bertz CT molecular complexity index is 1490. The van der Waals surface area contributed by atoms with E-state index in [1.165, 1.54) is 11.8 Å². The van der Waals surface area contributed by atoms with Crippen LogP contribution >= 0.6 is 11.8 Å². The second-order valence-corrected chi connectivity index (χ2v) is 9.59. The molecule has 1 aromatic heterocycles. The molecule has 4 aromatic rings. The number of carbonyl (C=O) groups is 1. The maximum absolute atomic E-state index is 12.9. The number of anilines is 1. The van der Waals surface area contributed by atoms with Crippen LogP contribution in [0.2, 0.25) is 0 Å². The Morgan fingerprint density at radius 3 is 2.37 bits per heavy atom. The molecule has 0 fully saturated rings. The molecule has 0 unspecified atom stereocenters. The largest absolute Gasteiger partial charge is 0.493 e. The number of hydrogen-bond acceptors (Lipinski definition) is 6. The normalized spacial score (nSPS) is 10.5. The number of hydrogen-bond donors (Lipinski definition) is 1. The summed E-state index contributed by atoms with van der Waals surface area (Å²) in [5.41, 5.74) is 6.54. The Balaban J connectivity index is 1.74. The highest BCUT2D eigenvalue weighted by Gasteiger charge is 2.19. The average Bonchev–Trinajstić information content (AvgIpc) is 2.95. The zero-order chi connectivity index (χ0) is 27.1. The summed E-state index contributed by atoms with van der Waals surface area (Å²) in [4.78, 5) is 17.7. The number of carbonyl (C=O) groups excluding carboxylic acids is 1. The number of nitrogens with zero attached hydrogens (tertiary/aromatic N) is 2. The highest BCUT2D eigenvalue weighted by molar-refractivity contribution is 8.00. The molecular formula is C31H29N3O3S. The molecule has 1 N–H and O–H groups in total. The second kappa shape index (κ2) is 12.3.